The third-order valence-corrected chi connectivity index (χ3v) is 2.95. The first-order valence-electron chi connectivity index (χ1n) is 6.50. The largest absolute Gasteiger partial charge is 0.326 e. The van der Waals surface area contributed by atoms with Crippen LogP contribution in [-0.2, 0) is 4.79 Å². The van der Waals surface area contributed by atoms with E-state index in [0.717, 1.165) is 35.7 Å². The van der Waals surface area contributed by atoms with Gasteiger partial charge < -0.3 is 5.32 Å². The molecule has 0 aliphatic carbocycles. The molecule has 0 atom stereocenters. The highest BCUT2D eigenvalue weighted by Crippen LogP contribution is 2.18. The first kappa shape index (κ1) is 12.6. The predicted molar refractivity (Wildman–Crippen MR) is 75.6 cm³/mol. The molecule has 18 heavy (non-hydrogen) atoms. The van der Waals surface area contributed by atoms with Crippen molar-refractivity contribution in [1.29, 1.82) is 0 Å². The molecule has 2 nitrogen and oxygen atoms in total. The maximum Gasteiger partial charge on any atom is 0.224 e. The maximum atomic E-state index is 11.7. The number of fused-ring (bicyclic) bond motifs is 1. The predicted octanol–water partition coefficient (Wildman–Crippen LogP) is 4.16. The number of hydrogen-bond donors (Lipinski definition) is 1. The summed E-state index contributed by atoms with van der Waals surface area (Å²) in [7, 11) is 0. The summed E-state index contributed by atoms with van der Waals surface area (Å²) >= 11 is 0. The van der Waals surface area contributed by atoms with E-state index in [2.05, 4.69) is 18.3 Å². The van der Waals surface area contributed by atoms with Crippen LogP contribution in [0.25, 0.3) is 10.8 Å². The van der Waals surface area contributed by atoms with Gasteiger partial charge in [-0.25, -0.2) is 0 Å². The molecule has 2 aromatic carbocycles. The van der Waals surface area contributed by atoms with Gasteiger partial charge in [-0.2, -0.15) is 0 Å². The molecule has 0 aromatic heterocycles. The Morgan fingerprint density at radius 3 is 2.94 bits per heavy atom. The summed E-state index contributed by atoms with van der Waals surface area (Å²) in [6, 6.07) is 15.0. The van der Waals surface area contributed by atoms with Gasteiger partial charge in [0.1, 0.15) is 0 Å². The zero-order valence-electron chi connectivity index (χ0n) is 10.7. The van der Waals surface area contributed by atoms with Crippen LogP contribution in [0.2, 0.25) is 0 Å². The van der Waals surface area contributed by atoms with Gasteiger partial charge in [0.2, 0.25) is 5.91 Å². The molecule has 0 saturated heterocycles. The van der Waals surface area contributed by atoms with Crippen LogP contribution in [0.1, 0.15) is 32.6 Å². The van der Waals surface area contributed by atoms with Gasteiger partial charge in [0.05, 0.1) is 0 Å². The fourth-order valence-electron chi connectivity index (χ4n) is 1.95. The second-order valence-corrected chi connectivity index (χ2v) is 4.48. The molecule has 2 aromatic rings. The molecule has 0 aliphatic rings. The van der Waals surface area contributed by atoms with E-state index >= 15 is 0 Å². The van der Waals surface area contributed by atoms with E-state index in [9.17, 15) is 4.79 Å². The van der Waals surface area contributed by atoms with Crippen molar-refractivity contribution in [3.63, 3.8) is 0 Å². The molecule has 2 rings (SSSR count). The van der Waals surface area contributed by atoms with Crippen molar-refractivity contribution in [2.24, 2.45) is 0 Å². The number of unbranched alkanes of at least 4 members (excludes halogenated alkanes) is 2. The summed E-state index contributed by atoms with van der Waals surface area (Å²) in [6.07, 6.45) is 3.80. The normalized spacial score (nSPS) is 10.5. The smallest absolute Gasteiger partial charge is 0.224 e. The second kappa shape index (κ2) is 6.20. The van der Waals surface area contributed by atoms with Crippen LogP contribution in [0.15, 0.2) is 36.4 Å². The lowest BCUT2D eigenvalue weighted by Gasteiger charge is -2.06. The Morgan fingerprint density at radius 1 is 1.28 bits per heavy atom. The van der Waals surface area contributed by atoms with Gasteiger partial charge in [0, 0.05) is 12.1 Å². The van der Waals surface area contributed by atoms with E-state index in [1.54, 1.807) is 0 Å². The van der Waals surface area contributed by atoms with Crippen molar-refractivity contribution in [1.82, 2.24) is 0 Å². The van der Waals surface area contributed by atoms with Crippen molar-refractivity contribution in [2.45, 2.75) is 32.6 Å². The number of carbonyl (C=O) groups is 1. The first-order valence-corrected chi connectivity index (χ1v) is 6.50. The van der Waals surface area contributed by atoms with Crippen molar-refractivity contribution in [2.75, 3.05) is 5.32 Å². The molecule has 1 N–H and O–H groups in total. The minimum absolute atomic E-state index is 0.0899. The number of rotatable bonds is 5. The summed E-state index contributed by atoms with van der Waals surface area (Å²) in [5, 5.41) is 5.09. The van der Waals surface area contributed by atoms with Crippen LogP contribution in [0.4, 0.5) is 5.69 Å². The summed E-state index contributed by atoms with van der Waals surface area (Å²) in [6.45, 7) is 2.14. The summed E-state index contributed by atoms with van der Waals surface area (Å²) < 4.78 is 0. The highest BCUT2D eigenvalue weighted by Gasteiger charge is 2.02. The lowest BCUT2D eigenvalue weighted by molar-refractivity contribution is -0.116. The Labute approximate surface area is 108 Å². The topological polar surface area (TPSA) is 29.1 Å². The summed E-state index contributed by atoms with van der Waals surface area (Å²) in [5.74, 6) is 0.0899. The SMILES string of the molecule is CCCCCC(=O)Nc1c[c]c2ccccc2c1. The lowest BCUT2D eigenvalue weighted by Crippen LogP contribution is -2.10. The molecule has 0 heterocycles. The van der Waals surface area contributed by atoms with E-state index in [0.29, 0.717) is 6.42 Å². The van der Waals surface area contributed by atoms with Crippen LogP contribution in [0, 0.1) is 6.07 Å². The molecule has 0 bridgehead atoms. The third kappa shape index (κ3) is 3.33. The van der Waals surface area contributed by atoms with Crippen LogP contribution in [0.3, 0.4) is 0 Å². The van der Waals surface area contributed by atoms with E-state index < -0.39 is 0 Å². The van der Waals surface area contributed by atoms with Crippen LogP contribution < -0.4 is 5.32 Å². The van der Waals surface area contributed by atoms with Crippen LogP contribution in [0.5, 0.6) is 0 Å². The molecule has 0 saturated carbocycles. The van der Waals surface area contributed by atoms with Gasteiger partial charge >= 0.3 is 0 Å². The second-order valence-electron chi connectivity index (χ2n) is 4.48. The number of anilines is 1. The maximum absolute atomic E-state index is 11.7. The van der Waals surface area contributed by atoms with Gasteiger partial charge in [0.15, 0.2) is 0 Å². The Balaban J connectivity index is 2.01. The monoisotopic (exact) mass is 240 g/mol. The average molecular weight is 240 g/mol. The van der Waals surface area contributed by atoms with Crippen molar-refractivity contribution in [3.8, 4) is 0 Å². The first-order chi connectivity index (χ1) is 8.79. The van der Waals surface area contributed by atoms with E-state index in [-0.39, 0.29) is 5.91 Å². The third-order valence-electron chi connectivity index (χ3n) is 2.95. The fourth-order valence-corrected chi connectivity index (χ4v) is 1.95. The minimum Gasteiger partial charge on any atom is -0.326 e. The quantitative estimate of drug-likeness (QED) is 0.781. The molecule has 0 aliphatic heterocycles. The van der Waals surface area contributed by atoms with Crippen LogP contribution >= 0.6 is 0 Å². The van der Waals surface area contributed by atoms with Crippen molar-refractivity contribution < 1.29 is 4.79 Å². The van der Waals surface area contributed by atoms with Gasteiger partial charge in [-0.1, -0.05) is 44.0 Å². The minimum atomic E-state index is 0.0899. The molecule has 93 valence electrons. The zero-order valence-corrected chi connectivity index (χ0v) is 10.7. The molecule has 2 heteroatoms. The van der Waals surface area contributed by atoms with Gasteiger partial charge in [-0.05, 0) is 35.4 Å². The Hall–Kier alpha value is -1.83. The molecule has 1 amide bonds. The van der Waals surface area contributed by atoms with E-state index in [4.69, 9.17) is 0 Å². The summed E-state index contributed by atoms with van der Waals surface area (Å²) in [4.78, 5) is 11.7. The average Bonchev–Trinajstić information content (AvgIpc) is 2.39. The van der Waals surface area contributed by atoms with Crippen molar-refractivity contribution >= 4 is 22.4 Å². The highest BCUT2D eigenvalue weighted by molar-refractivity contribution is 5.94. The zero-order chi connectivity index (χ0) is 12.8. The molecule has 0 spiro atoms. The molecule has 0 fully saturated rings. The van der Waals surface area contributed by atoms with Gasteiger partial charge in [-0.3, -0.25) is 4.79 Å². The van der Waals surface area contributed by atoms with Crippen LogP contribution in [-0.4, -0.2) is 5.91 Å². The van der Waals surface area contributed by atoms with Gasteiger partial charge in [-0.15, -0.1) is 0 Å². The number of benzene rings is 2. The highest BCUT2D eigenvalue weighted by atomic mass is 16.1. The number of hydrogen-bond acceptors (Lipinski definition) is 1. The fraction of sp³-hybridized carbons (Fsp3) is 0.312. The molecule has 1 radical (unpaired) electrons. The summed E-state index contributed by atoms with van der Waals surface area (Å²) in [5.41, 5.74) is 0.829. The van der Waals surface area contributed by atoms with E-state index in [1.165, 1.54) is 0 Å². The lowest BCUT2D eigenvalue weighted by atomic mass is 10.1. The molecule has 0 unspecified atom stereocenters. The number of amides is 1. The standard InChI is InChI=1S/C16H18NO/c1-2-3-4-9-16(18)17-15-11-10-13-7-5-6-8-14(13)12-15/h5-8,11-12H,2-4,9H2,1H3,(H,17,18). The Kier molecular flexibility index (Phi) is 4.35. The Bertz CT molecular complexity index is 533. The van der Waals surface area contributed by atoms with Gasteiger partial charge in [0.25, 0.3) is 0 Å². The van der Waals surface area contributed by atoms with Crippen molar-refractivity contribution in [3.05, 3.63) is 42.5 Å². The molecular formula is C16H18NO. The van der Waals surface area contributed by atoms with E-state index in [1.807, 2.05) is 36.4 Å². The number of carbonyl (C=O) groups excluding carboxylic acids is 1. The number of nitrogens with one attached hydrogen (secondary N) is 1. The Morgan fingerprint density at radius 2 is 2.11 bits per heavy atom. The molecular weight excluding hydrogens is 222 g/mol.